The van der Waals surface area contributed by atoms with Crippen LogP contribution >= 0.6 is 0 Å². The molecular weight excluding hydrogens is 276 g/mol. The predicted octanol–water partition coefficient (Wildman–Crippen LogP) is 3.03. The Morgan fingerprint density at radius 1 is 1.00 bits per heavy atom. The quantitative estimate of drug-likeness (QED) is 0.690. The van der Waals surface area contributed by atoms with Crippen LogP contribution in [-0.4, -0.2) is 19.6 Å². The molecule has 1 spiro atoms. The van der Waals surface area contributed by atoms with Crippen molar-refractivity contribution in [2.45, 2.75) is 71.0 Å². The molecule has 4 saturated carbocycles. The summed E-state index contributed by atoms with van der Waals surface area (Å²) in [5.74, 6) is 0.813. The summed E-state index contributed by atoms with van der Waals surface area (Å²) in [5, 5.41) is 0. The van der Waals surface area contributed by atoms with Gasteiger partial charge in [0.15, 0.2) is 0 Å². The van der Waals surface area contributed by atoms with Gasteiger partial charge in [-0.1, -0.05) is 20.8 Å². The largest absolute Gasteiger partial charge is 0.401 e. The minimum absolute atomic E-state index is 0.0954. The highest BCUT2D eigenvalue weighted by molar-refractivity contribution is 7.82. The fourth-order valence-corrected chi connectivity index (χ4v) is 8.04. The highest BCUT2D eigenvalue weighted by Gasteiger charge is 2.81. The van der Waals surface area contributed by atoms with E-state index in [1.165, 1.54) is 0 Å². The van der Waals surface area contributed by atoms with E-state index in [1.807, 2.05) is 6.92 Å². The van der Waals surface area contributed by atoms with Crippen molar-refractivity contribution in [3.8, 4) is 0 Å². The van der Waals surface area contributed by atoms with E-state index in [4.69, 9.17) is 8.37 Å². The fourth-order valence-electron chi connectivity index (χ4n) is 6.55. The Morgan fingerprint density at radius 3 is 2.40 bits per heavy atom. The molecule has 5 aliphatic rings. The second kappa shape index (κ2) is 3.28. The smallest absolute Gasteiger partial charge is 0.238 e. The van der Waals surface area contributed by atoms with E-state index in [1.54, 1.807) is 0 Å². The van der Waals surface area contributed by atoms with Crippen molar-refractivity contribution >= 4 is 10.4 Å². The first-order valence-corrected chi connectivity index (χ1v) is 9.06. The molecule has 5 heteroatoms. The number of hydrogen-bond donors (Lipinski definition) is 0. The normalized spacial score (nSPS) is 58.4. The highest BCUT2D eigenvalue weighted by Crippen LogP contribution is 2.76. The van der Waals surface area contributed by atoms with Gasteiger partial charge in [-0.05, 0) is 56.3 Å². The van der Waals surface area contributed by atoms with Gasteiger partial charge < -0.3 is 0 Å². The van der Waals surface area contributed by atoms with E-state index in [9.17, 15) is 8.42 Å². The van der Waals surface area contributed by atoms with E-state index >= 15 is 0 Å². The summed E-state index contributed by atoms with van der Waals surface area (Å²) in [7, 11) is -3.86. The summed E-state index contributed by atoms with van der Waals surface area (Å²) in [6.45, 7) is 8.77. The first kappa shape index (κ1) is 13.5. The average Bonchev–Trinajstić information content (AvgIpc) is 2.48. The molecule has 4 nitrogen and oxygen atoms in total. The zero-order valence-electron chi connectivity index (χ0n) is 12.7. The van der Waals surface area contributed by atoms with E-state index in [0.29, 0.717) is 11.8 Å². The van der Waals surface area contributed by atoms with Crippen molar-refractivity contribution in [1.29, 1.82) is 0 Å². The summed E-state index contributed by atoms with van der Waals surface area (Å²) in [5.41, 5.74) is -1.33. The van der Waals surface area contributed by atoms with Gasteiger partial charge in [-0.3, -0.25) is 0 Å². The molecule has 4 bridgehead atoms. The lowest BCUT2D eigenvalue weighted by Crippen LogP contribution is -2.63. The van der Waals surface area contributed by atoms with Gasteiger partial charge in [0.2, 0.25) is 0 Å². The third kappa shape index (κ3) is 1.21. The molecule has 20 heavy (non-hydrogen) atoms. The predicted molar refractivity (Wildman–Crippen MR) is 74.2 cm³/mol. The lowest BCUT2D eigenvalue weighted by molar-refractivity contribution is -0.162. The summed E-state index contributed by atoms with van der Waals surface area (Å²) >= 11 is 0. The molecule has 0 amide bonds. The van der Waals surface area contributed by atoms with Crippen LogP contribution in [0.15, 0.2) is 0 Å². The Morgan fingerprint density at radius 2 is 1.70 bits per heavy atom. The van der Waals surface area contributed by atoms with Crippen molar-refractivity contribution < 1.29 is 16.8 Å². The van der Waals surface area contributed by atoms with Crippen LogP contribution in [0, 0.1) is 22.7 Å². The molecule has 5 rings (SSSR count). The molecule has 1 heterocycles. The Balaban J connectivity index is 2.02. The van der Waals surface area contributed by atoms with Crippen LogP contribution in [0.4, 0.5) is 0 Å². The van der Waals surface area contributed by atoms with E-state index in [-0.39, 0.29) is 10.8 Å². The third-order valence-corrected chi connectivity index (χ3v) is 8.29. The number of hydrogen-bond acceptors (Lipinski definition) is 4. The van der Waals surface area contributed by atoms with Crippen LogP contribution < -0.4 is 0 Å². The van der Waals surface area contributed by atoms with E-state index < -0.39 is 21.6 Å². The summed E-state index contributed by atoms with van der Waals surface area (Å²) in [6, 6.07) is 0. The fraction of sp³-hybridized carbons (Fsp3) is 1.00. The number of rotatable bonds is 0. The van der Waals surface area contributed by atoms with E-state index in [2.05, 4.69) is 20.8 Å². The summed E-state index contributed by atoms with van der Waals surface area (Å²) in [6.07, 6.45) is 5.12. The van der Waals surface area contributed by atoms with Crippen molar-refractivity contribution in [1.82, 2.24) is 0 Å². The van der Waals surface area contributed by atoms with Crippen LogP contribution in [0.3, 0.4) is 0 Å². The highest BCUT2D eigenvalue weighted by atomic mass is 32.3. The minimum Gasteiger partial charge on any atom is -0.238 e. The number of fused-ring (bicyclic) bond motifs is 2. The van der Waals surface area contributed by atoms with Crippen molar-refractivity contribution in [3.63, 3.8) is 0 Å². The zero-order chi connectivity index (χ0) is 14.6. The first-order valence-electron chi connectivity index (χ1n) is 7.73. The molecule has 0 aromatic rings. The van der Waals surface area contributed by atoms with Crippen LogP contribution in [0.1, 0.15) is 59.8 Å². The van der Waals surface area contributed by atoms with Gasteiger partial charge in [-0.2, -0.15) is 8.42 Å². The molecule has 5 fully saturated rings. The van der Waals surface area contributed by atoms with Crippen molar-refractivity contribution in [3.05, 3.63) is 0 Å². The second-order valence-corrected chi connectivity index (χ2v) is 9.61. The van der Waals surface area contributed by atoms with Gasteiger partial charge >= 0.3 is 10.4 Å². The van der Waals surface area contributed by atoms with Crippen LogP contribution in [-0.2, 0) is 18.8 Å². The summed E-state index contributed by atoms with van der Waals surface area (Å²) < 4.78 is 35.6. The Kier molecular flexibility index (Phi) is 2.22. The van der Waals surface area contributed by atoms with Gasteiger partial charge in [0.05, 0.1) is 0 Å². The van der Waals surface area contributed by atoms with Crippen LogP contribution in [0.25, 0.3) is 0 Å². The molecule has 114 valence electrons. The molecule has 0 aromatic carbocycles. The maximum absolute atomic E-state index is 12.1. The first-order chi connectivity index (χ1) is 9.07. The molecule has 0 aromatic heterocycles. The molecular formula is C15H24O4S. The molecule has 0 unspecified atom stereocenters. The molecule has 1 aliphatic heterocycles. The Bertz CT molecular complexity index is 583. The molecule has 0 N–H and O–H groups in total. The minimum atomic E-state index is -3.86. The monoisotopic (exact) mass is 300 g/mol. The summed E-state index contributed by atoms with van der Waals surface area (Å²) in [4.78, 5) is 0. The van der Waals surface area contributed by atoms with Gasteiger partial charge in [-0.25, -0.2) is 8.37 Å². The Labute approximate surface area is 121 Å². The average molecular weight is 300 g/mol. The van der Waals surface area contributed by atoms with Gasteiger partial charge in [0.1, 0.15) is 11.2 Å². The van der Waals surface area contributed by atoms with E-state index in [0.717, 1.165) is 32.1 Å². The zero-order valence-corrected chi connectivity index (χ0v) is 13.5. The molecule has 4 aliphatic carbocycles. The van der Waals surface area contributed by atoms with Gasteiger partial charge in [0, 0.05) is 5.41 Å². The maximum Gasteiger partial charge on any atom is 0.401 e. The Hall–Kier alpha value is -0.130. The topological polar surface area (TPSA) is 52.6 Å². The van der Waals surface area contributed by atoms with Gasteiger partial charge in [-0.15, -0.1) is 0 Å². The lowest BCUT2D eigenvalue weighted by atomic mass is 9.56. The van der Waals surface area contributed by atoms with Crippen molar-refractivity contribution in [2.24, 2.45) is 22.7 Å². The van der Waals surface area contributed by atoms with Crippen molar-refractivity contribution in [2.75, 3.05) is 0 Å². The second-order valence-electron chi connectivity index (χ2n) is 8.46. The third-order valence-electron chi connectivity index (χ3n) is 7.26. The molecule has 0 radical (unpaired) electrons. The van der Waals surface area contributed by atoms with Crippen LogP contribution in [0.2, 0.25) is 0 Å². The molecule has 5 atom stereocenters. The lowest BCUT2D eigenvalue weighted by Gasteiger charge is -2.53. The van der Waals surface area contributed by atoms with Crippen LogP contribution in [0.5, 0.6) is 0 Å². The SMILES string of the molecule is CC1(C)C[C@]23OS(=O)(=O)O[C@@]2(C)[C@H]2CC[C@H]1[C@]3(C)CC2. The standard InChI is InChI=1S/C15H24O4S/c1-12(2)9-15-13(3)8-7-10(5-6-11(12)13)14(15,4)18-20(16,17)19-15/h10-11H,5-9H2,1-4H3/t10-,11+,13-,14-,15+/m0/s1. The maximum atomic E-state index is 12.1. The van der Waals surface area contributed by atoms with Gasteiger partial charge in [0.25, 0.3) is 0 Å². The molecule has 1 saturated heterocycles.